The second-order valence-electron chi connectivity index (χ2n) is 3.33. The fraction of sp³-hybridized carbons (Fsp3) is 0. The molecule has 1 heterocycles. The Morgan fingerprint density at radius 3 is 2.47 bits per heavy atom. The highest BCUT2D eigenvalue weighted by Crippen LogP contribution is 2.40. The van der Waals surface area contributed by atoms with Crippen LogP contribution in [0.4, 0.5) is 0 Å². The fourth-order valence-electron chi connectivity index (χ4n) is 1.77. The third-order valence-electron chi connectivity index (χ3n) is 2.42. The summed E-state index contributed by atoms with van der Waals surface area (Å²) in [4.78, 5) is 0. The van der Waals surface area contributed by atoms with E-state index in [2.05, 4.69) is 12.1 Å². The molecule has 3 rings (SSSR count). The predicted octanol–water partition coefficient (Wildman–Crippen LogP) is 5.36. The lowest BCUT2D eigenvalue weighted by molar-refractivity contribution is 1.83. The van der Waals surface area contributed by atoms with Gasteiger partial charge in [0.1, 0.15) is 0 Å². The summed E-state index contributed by atoms with van der Waals surface area (Å²) in [6.45, 7) is 0. The summed E-state index contributed by atoms with van der Waals surface area (Å²) in [5.41, 5.74) is 0. The maximum atomic E-state index is 6.19. The van der Waals surface area contributed by atoms with Gasteiger partial charge in [0.15, 0.2) is 0 Å². The summed E-state index contributed by atoms with van der Waals surface area (Å²) in [7, 11) is 0. The van der Waals surface area contributed by atoms with Crippen LogP contribution in [0.3, 0.4) is 0 Å². The predicted molar refractivity (Wildman–Crippen MR) is 69.4 cm³/mol. The van der Waals surface area contributed by atoms with E-state index in [0.29, 0.717) is 0 Å². The van der Waals surface area contributed by atoms with Gasteiger partial charge in [0.05, 0.1) is 9.72 Å². The van der Waals surface area contributed by atoms with Crippen LogP contribution in [0.1, 0.15) is 0 Å². The zero-order valence-corrected chi connectivity index (χ0v) is 9.96. The quantitative estimate of drug-likeness (QED) is 0.505. The van der Waals surface area contributed by atoms with Gasteiger partial charge in [0, 0.05) is 20.5 Å². The van der Waals surface area contributed by atoms with E-state index < -0.39 is 0 Å². The van der Waals surface area contributed by atoms with E-state index in [4.69, 9.17) is 23.2 Å². The summed E-state index contributed by atoms with van der Waals surface area (Å²) >= 11 is 14.0. The second-order valence-corrected chi connectivity index (χ2v) is 5.20. The number of hydrogen-bond acceptors (Lipinski definition) is 1. The van der Waals surface area contributed by atoms with Gasteiger partial charge in [-0.1, -0.05) is 41.4 Å². The van der Waals surface area contributed by atoms with Crippen molar-refractivity contribution in [2.75, 3.05) is 0 Å². The molecule has 1 aromatic heterocycles. The van der Waals surface area contributed by atoms with Crippen LogP contribution in [0.15, 0.2) is 36.4 Å². The molecular formula is C12H6Cl2S. The van der Waals surface area contributed by atoms with Crippen molar-refractivity contribution in [3.8, 4) is 0 Å². The molecule has 0 aliphatic heterocycles. The first kappa shape index (κ1) is 9.46. The molecular weight excluding hydrogens is 247 g/mol. The summed E-state index contributed by atoms with van der Waals surface area (Å²) in [6, 6.07) is 11.9. The van der Waals surface area contributed by atoms with Gasteiger partial charge < -0.3 is 0 Å². The van der Waals surface area contributed by atoms with Gasteiger partial charge in [-0.15, -0.1) is 11.3 Å². The molecule has 2 aromatic carbocycles. The van der Waals surface area contributed by atoms with Gasteiger partial charge in [-0.2, -0.15) is 0 Å². The van der Waals surface area contributed by atoms with Crippen LogP contribution in [0, 0.1) is 0 Å². The van der Waals surface area contributed by atoms with E-state index in [0.717, 1.165) is 25.5 Å². The van der Waals surface area contributed by atoms with Crippen molar-refractivity contribution in [1.82, 2.24) is 0 Å². The Kier molecular flexibility index (Phi) is 2.13. The average Bonchev–Trinajstić information content (AvgIpc) is 2.59. The molecule has 0 fully saturated rings. The molecule has 0 radical (unpaired) electrons. The minimum atomic E-state index is 0.793. The Balaban J connectivity index is 2.65. The lowest BCUT2D eigenvalue weighted by Gasteiger charge is -1.94. The zero-order chi connectivity index (χ0) is 10.4. The van der Waals surface area contributed by atoms with Gasteiger partial charge in [-0.3, -0.25) is 0 Å². The van der Waals surface area contributed by atoms with E-state index in [9.17, 15) is 0 Å². The first-order chi connectivity index (χ1) is 7.27. The molecule has 0 unspecified atom stereocenters. The van der Waals surface area contributed by atoms with E-state index in [1.54, 1.807) is 11.3 Å². The third kappa shape index (κ3) is 1.35. The molecule has 0 aliphatic carbocycles. The highest BCUT2D eigenvalue weighted by atomic mass is 35.5. The molecule has 0 saturated carbocycles. The molecule has 0 atom stereocenters. The van der Waals surface area contributed by atoms with E-state index in [1.807, 2.05) is 24.3 Å². The van der Waals surface area contributed by atoms with E-state index in [-0.39, 0.29) is 0 Å². The number of hydrogen-bond donors (Lipinski definition) is 0. The molecule has 0 spiro atoms. The van der Waals surface area contributed by atoms with Crippen LogP contribution in [0.5, 0.6) is 0 Å². The van der Waals surface area contributed by atoms with Gasteiger partial charge in [0.25, 0.3) is 0 Å². The Morgan fingerprint density at radius 1 is 0.867 bits per heavy atom. The first-order valence-electron chi connectivity index (χ1n) is 4.52. The minimum absolute atomic E-state index is 0.793. The Bertz CT molecular complexity index is 655. The fourth-order valence-corrected chi connectivity index (χ4v) is 3.53. The Hall–Kier alpha value is -0.760. The first-order valence-corrected chi connectivity index (χ1v) is 6.10. The molecule has 74 valence electrons. The summed E-state index contributed by atoms with van der Waals surface area (Å²) < 4.78 is 2.30. The highest BCUT2D eigenvalue weighted by molar-refractivity contribution is 7.26. The van der Waals surface area contributed by atoms with Gasteiger partial charge in [-0.25, -0.2) is 0 Å². The SMILES string of the molecule is Clc1cccc2c1sc1cccc(Cl)c12. The normalized spacial score (nSPS) is 11.3. The van der Waals surface area contributed by atoms with E-state index in [1.165, 1.54) is 4.70 Å². The van der Waals surface area contributed by atoms with Crippen LogP contribution in [-0.4, -0.2) is 0 Å². The van der Waals surface area contributed by atoms with Crippen LogP contribution in [0.25, 0.3) is 20.2 Å². The molecule has 3 aromatic rings. The number of halogens is 2. The van der Waals surface area contributed by atoms with Crippen LogP contribution >= 0.6 is 34.5 Å². The van der Waals surface area contributed by atoms with Gasteiger partial charge in [-0.05, 0) is 18.2 Å². The maximum Gasteiger partial charge on any atom is 0.0584 e. The van der Waals surface area contributed by atoms with Crippen molar-refractivity contribution >= 4 is 54.7 Å². The molecule has 0 aliphatic rings. The number of rotatable bonds is 0. The van der Waals surface area contributed by atoms with E-state index >= 15 is 0 Å². The van der Waals surface area contributed by atoms with Crippen molar-refractivity contribution < 1.29 is 0 Å². The highest BCUT2D eigenvalue weighted by Gasteiger charge is 2.09. The lowest BCUT2D eigenvalue weighted by Crippen LogP contribution is -1.68. The van der Waals surface area contributed by atoms with Crippen molar-refractivity contribution in [3.05, 3.63) is 46.4 Å². The standard InChI is InChI=1S/C12H6Cl2S/c13-8-4-2-6-10-11(8)7-3-1-5-9(14)12(7)15-10/h1-6H. The molecule has 0 N–H and O–H groups in total. The van der Waals surface area contributed by atoms with Crippen molar-refractivity contribution in [2.24, 2.45) is 0 Å². The summed E-state index contributed by atoms with van der Waals surface area (Å²) in [5.74, 6) is 0. The van der Waals surface area contributed by atoms with Crippen molar-refractivity contribution in [3.63, 3.8) is 0 Å². The Morgan fingerprint density at radius 2 is 1.60 bits per heavy atom. The smallest absolute Gasteiger partial charge is 0.0584 e. The maximum absolute atomic E-state index is 6.19. The third-order valence-corrected chi connectivity index (χ3v) is 4.37. The van der Waals surface area contributed by atoms with Gasteiger partial charge >= 0.3 is 0 Å². The number of benzene rings is 2. The molecule has 0 nitrogen and oxygen atoms in total. The van der Waals surface area contributed by atoms with Crippen molar-refractivity contribution in [1.29, 1.82) is 0 Å². The van der Waals surface area contributed by atoms with Gasteiger partial charge in [0.2, 0.25) is 0 Å². The largest absolute Gasteiger partial charge is 0.134 e. The van der Waals surface area contributed by atoms with Crippen molar-refractivity contribution in [2.45, 2.75) is 0 Å². The molecule has 15 heavy (non-hydrogen) atoms. The molecule has 0 amide bonds. The lowest BCUT2D eigenvalue weighted by atomic mass is 10.1. The summed E-state index contributed by atoms with van der Waals surface area (Å²) in [5, 5.41) is 3.85. The molecule has 3 heteroatoms. The Labute approximate surface area is 101 Å². The topological polar surface area (TPSA) is 0 Å². The number of fused-ring (bicyclic) bond motifs is 3. The van der Waals surface area contributed by atoms with Crippen LogP contribution in [0.2, 0.25) is 10.0 Å². The average molecular weight is 253 g/mol. The van der Waals surface area contributed by atoms with Crippen LogP contribution < -0.4 is 0 Å². The second kappa shape index (κ2) is 3.38. The number of thiophene rings is 1. The zero-order valence-electron chi connectivity index (χ0n) is 7.63. The monoisotopic (exact) mass is 252 g/mol. The molecule has 0 saturated heterocycles. The molecule has 0 bridgehead atoms. The minimum Gasteiger partial charge on any atom is -0.134 e. The summed E-state index contributed by atoms with van der Waals surface area (Å²) in [6.07, 6.45) is 0. The van der Waals surface area contributed by atoms with Crippen LogP contribution in [-0.2, 0) is 0 Å².